The van der Waals surface area contributed by atoms with Gasteiger partial charge in [0.25, 0.3) is 0 Å². The molecule has 0 spiro atoms. The zero-order valence-electron chi connectivity index (χ0n) is 10.3. The van der Waals surface area contributed by atoms with Crippen LogP contribution in [0.3, 0.4) is 0 Å². The van der Waals surface area contributed by atoms with Crippen molar-refractivity contribution in [2.45, 2.75) is 6.54 Å². The first kappa shape index (κ1) is 11.9. The van der Waals surface area contributed by atoms with Gasteiger partial charge in [-0.15, -0.1) is 0 Å². The number of nitrogen functional groups attached to an aromatic ring is 1. The Kier molecular flexibility index (Phi) is 3.02. The van der Waals surface area contributed by atoms with E-state index in [1.54, 1.807) is 17.5 Å². The third-order valence-corrected chi connectivity index (χ3v) is 3.51. The van der Waals surface area contributed by atoms with E-state index in [4.69, 9.17) is 5.84 Å². The van der Waals surface area contributed by atoms with Gasteiger partial charge in [-0.25, -0.2) is 5.84 Å². The Morgan fingerprint density at radius 3 is 3.11 bits per heavy atom. The van der Waals surface area contributed by atoms with E-state index in [2.05, 4.69) is 42.4 Å². The van der Waals surface area contributed by atoms with Gasteiger partial charge < -0.3 is 4.90 Å². The molecule has 0 aliphatic heterocycles. The first-order chi connectivity index (χ1) is 9.28. The highest BCUT2D eigenvalue weighted by molar-refractivity contribution is 7.07. The Balaban J connectivity index is 2.00. The Morgan fingerprint density at radius 2 is 2.37 bits per heavy atom. The summed E-state index contributed by atoms with van der Waals surface area (Å²) in [5.41, 5.74) is 4.37. The third kappa shape index (κ3) is 2.23. The van der Waals surface area contributed by atoms with Crippen LogP contribution in [0, 0.1) is 0 Å². The average Bonchev–Trinajstić information content (AvgIpc) is 3.07. The minimum atomic E-state index is 0.365. The van der Waals surface area contributed by atoms with E-state index in [-0.39, 0.29) is 0 Å². The van der Waals surface area contributed by atoms with Crippen LogP contribution in [0.15, 0.2) is 23.0 Å². The fraction of sp³-hybridized carbons (Fsp3) is 0.182. The highest BCUT2D eigenvalue weighted by Gasteiger charge is 2.13. The van der Waals surface area contributed by atoms with Gasteiger partial charge in [-0.1, -0.05) is 0 Å². The lowest BCUT2D eigenvalue weighted by Crippen LogP contribution is -2.19. The number of thiophene rings is 1. The summed E-state index contributed by atoms with van der Waals surface area (Å²) in [6.45, 7) is 0.769. The number of hydrogen-bond acceptors (Lipinski definition) is 7. The van der Waals surface area contributed by atoms with Gasteiger partial charge in [-0.3, -0.25) is 10.5 Å². The van der Waals surface area contributed by atoms with Crippen molar-refractivity contribution < 1.29 is 0 Å². The van der Waals surface area contributed by atoms with Crippen LogP contribution in [0.1, 0.15) is 5.56 Å². The molecule has 4 N–H and O–H groups in total. The van der Waals surface area contributed by atoms with E-state index < -0.39 is 0 Å². The summed E-state index contributed by atoms with van der Waals surface area (Å²) in [5.74, 6) is 6.54. The second-order valence-corrected chi connectivity index (χ2v) is 4.92. The SMILES string of the molecule is CN(Cc1ccsc1)c1nc(NN)nc2[nH]ncc12. The summed E-state index contributed by atoms with van der Waals surface area (Å²) < 4.78 is 0. The van der Waals surface area contributed by atoms with Crippen LogP contribution < -0.4 is 16.2 Å². The topological polar surface area (TPSA) is 95.8 Å². The molecule has 0 fully saturated rings. The molecule has 0 saturated carbocycles. The van der Waals surface area contributed by atoms with Crippen LogP contribution >= 0.6 is 11.3 Å². The zero-order valence-corrected chi connectivity index (χ0v) is 11.1. The Morgan fingerprint density at radius 1 is 1.47 bits per heavy atom. The fourth-order valence-electron chi connectivity index (χ4n) is 1.91. The molecule has 0 radical (unpaired) electrons. The Labute approximate surface area is 113 Å². The molecule has 3 aromatic rings. The molecule has 98 valence electrons. The Hall–Kier alpha value is -2.19. The first-order valence-corrected chi connectivity index (χ1v) is 6.62. The summed E-state index contributed by atoms with van der Waals surface area (Å²) in [4.78, 5) is 10.6. The van der Waals surface area contributed by atoms with Crippen LogP contribution in [0.2, 0.25) is 0 Å². The fourth-order valence-corrected chi connectivity index (χ4v) is 2.57. The molecule has 8 heteroatoms. The maximum Gasteiger partial charge on any atom is 0.241 e. The summed E-state index contributed by atoms with van der Waals surface area (Å²) >= 11 is 1.68. The standard InChI is InChI=1S/C11H13N7S/c1-18(5-7-2-3-19-6-7)10-8-4-13-17-9(8)14-11(15-10)16-12/h2-4,6H,5,12H2,1H3,(H2,13,14,15,16,17). The second-order valence-electron chi connectivity index (χ2n) is 4.14. The first-order valence-electron chi connectivity index (χ1n) is 5.68. The minimum Gasteiger partial charge on any atom is -0.355 e. The number of H-pyrrole nitrogens is 1. The number of hydrogen-bond donors (Lipinski definition) is 3. The largest absolute Gasteiger partial charge is 0.355 e. The van der Waals surface area contributed by atoms with Crippen molar-refractivity contribution in [1.82, 2.24) is 20.2 Å². The lowest BCUT2D eigenvalue weighted by atomic mass is 10.3. The zero-order chi connectivity index (χ0) is 13.2. The van der Waals surface area contributed by atoms with E-state index in [9.17, 15) is 0 Å². The summed E-state index contributed by atoms with van der Waals surface area (Å²) in [6, 6.07) is 2.09. The molecule has 0 aliphatic carbocycles. The van der Waals surface area contributed by atoms with E-state index in [1.807, 2.05) is 11.9 Å². The van der Waals surface area contributed by atoms with E-state index in [0.29, 0.717) is 11.6 Å². The van der Waals surface area contributed by atoms with Gasteiger partial charge >= 0.3 is 0 Å². The molecule has 0 aliphatic rings. The summed E-state index contributed by atoms with van der Waals surface area (Å²) in [6.07, 6.45) is 1.72. The van der Waals surface area contributed by atoms with Crippen LogP contribution in [0.25, 0.3) is 11.0 Å². The number of aromatic amines is 1. The minimum absolute atomic E-state index is 0.365. The highest BCUT2D eigenvalue weighted by Crippen LogP contribution is 2.24. The number of fused-ring (bicyclic) bond motifs is 1. The van der Waals surface area contributed by atoms with Crippen molar-refractivity contribution in [1.29, 1.82) is 0 Å². The molecule has 3 aromatic heterocycles. The summed E-state index contributed by atoms with van der Waals surface area (Å²) in [7, 11) is 1.98. The molecule has 3 heterocycles. The monoisotopic (exact) mass is 275 g/mol. The Bertz CT molecular complexity index is 675. The van der Waals surface area contributed by atoms with Gasteiger partial charge in [-0.2, -0.15) is 26.4 Å². The molecule has 0 saturated heterocycles. The number of nitrogens with one attached hydrogen (secondary N) is 2. The van der Waals surface area contributed by atoms with Crippen molar-refractivity contribution >= 4 is 34.1 Å². The van der Waals surface area contributed by atoms with Crippen LogP contribution in [0.5, 0.6) is 0 Å². The van der Waals surface area contributed by atoms with E-state index in [0.717, 1.165) is 17.7 Å². The van der Waals surface area contributed by atoms with Gasteiger partial charge in [0.2, 0.25) is 5.95 Å². The van der Waals surface area contributed by atoms with Gasteiger partial charge in [0.1, 0.15) is 5.82 Å². The molecular weight excluding hydrogens is 262 g/mol. The number of anilines is 2. The van der Waals surface area contributed by atoms with Gasteiger partial charge in [-0.05, 0) is 22.4 Å². The molecule has 0 amide bonds. The van der Waals surface area contributed by atoms with Crippen molar-refractivity contribution in [2.24, 2.45) is 5.84 Å². The van der Waals surface area contributed by atoms with Crippen molar-refractivity contribution in [2.75, 3.05) is 17.4 Å². The average molecular weight is 275 g/mol. The molecule has 0 bridgehead atoms. The van der Waals surface area contributed by atoms with Crippen LogP contribution in [0.4, 0.5) is 11.8 Å². The number of aromatic nitrogens is 4. The predicted octanol–water partition coefficient (Wildman–Crippen LogP) is 1.34. The number of rotatable bonds is 4. The maximum atomic E-state index is 5.39. The second kappa shape index (κ2) is 4.82. The normalized spacial score (nSPS) is 10.8. The van der Waals surface area contributed by atoms with Gasteiger partial charge in [0, 0.05) is 13.6 Å². The molecule has 0 aromatic carbocycles. The molecule has 0 unspecified atom stereocenters. The number of nitrogens with zero attached hydrogens (tertiary/aromatic N) is 4. The van der Waals surface area contributed by atoms with E-state index in [1.165, 1.54) is 5.56 Å². The smallest absolute Gasteiger partial charge is 0.241 e. The summed E-state index contributed by atoms with van der Waals surface area (Å²) in [5, 5.41) is 11.9. The number of nitrogens with two attached hydrogens (primary N) is 1. The van der Waals surface area contributed by atoms with E-state index >= 15 is 0 Å². The highest BCUT2D eigenvalue weighted by atomic mass is 32.1. The third-order valence-electron chi connectivity index (χ3n) is 2.78. The van der Waals surface area contributed by atoms with Crippen molar-refractivity contribution in [3.63, 3.8) is 0 Å². The molecule has 19 heavy (non-hydrogen) atoms. The molecule has 3 rings (SSSR count). The lowest BCUT2D eigenvalue weighted by molar-refractivity contribution is 0.903. The van der Waals surface area contributed by atoms with Crippen LogP contribution in [-0.2, 0) is 6.54 Å². The lowest BCUT2D eigenvalue weighted by Gasteiger charge is -2.18. The quantitative estimate of drug-likeness (QED) is 0.491. The van der Waals surface area contributed by atoms with Gasteiger partial charge in [0.05, 0.1) is 11.6 Å². The maximum absolute atomic E-state index is 5.39. The van der Waals surface area contributed by atoms with Crippen LogP contribution in [-0.4, -0.2) is 27.2 Å². The number of hydrazine groups is 1. The van der Waals surface area contributed by atoms with Gasteiger partial charge in [0.15, 0.2) is 5.65 Å². The molecular formula is C11H13N7S. The molecule has 0 atom stereocenters. The predicted molar refractivity (Wildman–Crippen MR) is 75.9 cm³/mol. The van der Waals surface area contributed by atoms with Crippen molar-refractivity contribution in [3.05, 3.63) is 28.6 Å². The van der Waals surface area contributed by atoms with Crippen molar-refractivity contribution in [3.8, 4) is 0 Å². The molecule has 7 nitrogen and oxygen atoms in total.